The van der Waals surface area contributed by atoms with Gasteiger partial charge in [-0.05, 0) is 69.3 Å². The van der Waals surface area contributed by atoms with Gasteiger partial charge in [0.15, 0.2) is 6.29 Å². The molecule has 1 aromatic rings. The molecule has 0 spiro atoms. The van der Waals surface area contributed by atoms with Gasteiger partial charge in [0.05, 0.1) is 17.8 Å². The van der Waals surface area contributed by atoms with Crippen LogP contribution in [0.25, 0.3) is 0 Å². The van der Waals surface area contributed by atoms with Crippen LogP contribution < -0.4 is 0 Å². The molecule has 1 saturated heterocycles. The number of alkyl halides is 6. The average molecular weight is 796 g/mol. The minimum atomic E-state index is -1.85. The maximum Gasteiger partial charge on any atom is 0.221 e. The molecule has 1 aliphatic rings. The molecule has 4 nitrogen and oxygen atoms in total. The highest BCUT2D eigenvalue weighted by molar-refractivity contribution is 6.69. The zero-order valence-electron chi connectivity index (χ0n) is 31.1. The van der Waals surface area contributed by atoms with Crippen LogP contribution in [0.4, 0.5) is 0 Å². The number of benzene rings is 1. The second kappa shape index (κ2) is 17.7. The highest BCUT2D eigenvalue weighted by Crippen LogP contribution is 2.61. The zero-order valence-corrected chi connectivity index (χ0v) is 35.6. The predicted octanol–water partition coefficient (Wildman–Crippen LogP) is 13.4. The normalized spacial score (nSPS) is 19.2. The first-order valence-corrected chi connectivity index (χ1v) is 20.3. The first kappa shape index (κ1) is 45.0. The Hall–Kier alpha value is 0.800. The monoisotopic (exact) mass is 792 g/mol. The van der Waals surface area contributed by atoms with Gasteiger partial charge in [0.25, 0.3) is 0 Å². The summed E-state index contributed by atoms with van der Waals surface area (Å²) in [6.07, 6.45) is 6.88. The van der Waals surface area contributed by atoms with Gasteiger partial charge in [0.2, 0.25) is 7.59 Å². The number of ether oxygens (including phenoxy) is 4. The summed E-state index contributed by atoms with van der Waals surface area (Å²) in [6, 6.07) is 10.2. The molecular formula is C38H62Cl6O4. The van der Waals surface area contributed by atoms with E-state index >= 15 is 0 Å². The maximum absolute atomic E-state index is 7.77. The van der Waals surface area contributed by atoms with Crippen molar-refractivity contribution in [3.8, 4) is 0 Å². The van der Waals surface area contributed by atoms with Crippen molar-refractivity contribution in [3.05, 3.63) is 35.9 Å². The Bertz CT molecular complexity index is 1090. The van der Waals surface area contributed by atoms with Gasteiger partial charge in [-0.3, -0.25) is 0 Å². The van der Waals surface area contributed by atoms with Crippen LogP contribution in [0, 0.1) is 10.8 Å². The van der Waals surface area contributed by atoms with E-state index in [-0.39, 0.29) is 18.3 Å². The van der Waals surface area contributed by atoms with Crippen molar-refractivity contribution in [1.82, 2.24) is 0 Å². The van der Waals surface area contributed by atoms with E-state index in [2.05, 4.69) is 81.4 Å². The standard InChI is InChI=1S/C38H62Cl6O4/c1-11-31(9,12-2)26-35(37(39,40)41,24-29-22-20-19-21-23-29)48-34(17-7,18-8)33(15-5,16-6)27-36(38(42,43)44,28-46-30-25-45-30)47-32(10,13-3)14-4/h19-23,30H,11-18,24-28H2,1-10H3. The lowest BCUT2D eigenvalue weighted by molar-refractivity contribution is -0.258. The molecule has 0 aromatic heterocycles. The molecule has 0 radical (unpaired) electrons. The van der Waals surface area contributed by atoms with Crippen LogP contribution in [0.2, 0.25) is 0 Å². The molecule has 1 fully saturated rings. The number of hydrogen-bond acceptors (Lipinski definition) is 4. The van der Waals surface area contributed by atoms with Crippen molar-refractivity contribution in [2.45, 2.75) is 176 Å². The van der Waals surface area contributed by atoms with E-state index < -0.39 is 35.4 Å². The van der Waals surface area contributed by atoms with Crippen LogP contribution in [0.5, 0.6) is 0 Å². The molecule has 280 valence electrons. The molecule has 1 heterocycles. The molecule has 3 unspecified atom stereocenters. The van der Waals surface area contributed by atoms with Crippen LogP contribution in [-0.4, -0.2) is 49.5 Å². The summed E-state index contributed by atoms with van der Waals surface area (Å²) in [5.41, 5.74) is -3.64. The van der Waals surface area contributed by atoms with Crippen molar-refractivity contribution >= 4 is 69.6 Å². The topological polar surface area (TPSA) is 40.2 Å². The van der Waals surface area contributed by atoms with E-state index in [9.17, 15) is 0 Å². The molecule has 0 bridgehead atoms. The Morgan fingerprint density at radius 1 is 0.625 bits per heavy atom. The van der Waals surface area contributed by atoms with Crippen molar-refractivity contribution < 1.29 is 18.9 Å². The van der Waals surface area contributed by atoms with E-state index in [1.54, 1.807) is 0 Å². The number of halogens is 6. The fourth-order valence-electron chi connectivity index (χ4n) is 7.57. The zero-order chi connectivity index (χ0) is 36.7. The Labute approximate surface area is 322 Å². The van der Waals surface area contributed by atoms with Crippen molar-refractivity contribution in [3.63, 3.8) is 0 Å². The maximum atomic E-state index is 7.77. The third kappa shape index (κ3) is 10.3. The summed E-state index contributed by atoms with van der Waals surface area (Å²) < 4.78 is 22.9. The highest BCUT2D eigenvalue weighted by atomic mass is 35.6. The summed E-state index contributed by atoms with van der Waals surface area (Å²) in [6.45, 7) is 22.1. The Morgan fingerprint density at radius 2 is 1.12 bits per heavy atom. The molecule has 0 amide bonds. The first-order valence-electron chi connectivity index (χ1n) is 18.0. The lowest BCUT2D eigenvalue weighted by atomic mass is 9.60. The van der Waals surface area contributed by atoms with Crippen LogP contribution in [-0.2, 0) is 25.4 Å². The van der Waals surface area contributed by atoms with E-state index in [0.29, 0.717) is 51.6 Å². The SMILES string of the molecule is CCC(C)(CC)CC(Cc1ccccc1)(OC(CC)(CC)C(CC)(CC)CC(COC1CO1)(OC(C)(CC)CC)C(Cl)(Cl)Cl)C(Cl)(Cl)Cl. The average Bonchev–Trinajstić information content (AvgIpc) is 3.89. The van der Waals surface area contributed by atoms with Gasteiger partial charge in [0.1, 0.15) is 17.8 Å². The summed E-state index contributed by atoms with van der Waals surface area (Å²) >= 11 is 42.7. The van der Waals surface area contributed by atoms with E-state index in [1.807, 2.05) is 18.2 Å². The molecule has 2 rings (SSSR count). The molecular weight excluding hydrogens is 733 g/mol. The van der Waals surface area contributed by atoms with E-state index in [1.165, 1.54) is 0 Å². The molecule has 0 N–H and O–H groups in total. The van der Waals surface area contributed by atoms with Crippen LogP contribution in [0.15, 0.2) is 30.3 Å². The number of rotatable bonds is 22. The second-order valence-electron chi connectivity index (χ2n) is 14.6. The lowest BCUT2D eigenvalue weighted by Gasteiger charge is -2.59. The smallest absolute Gasteiger partial charge is 0.221 e. The Kier molecular flexibility index (Phi) is 16.6. The Morgan fingerprint density at radius 3 is 1.50 bits per heavy atom. The third-order valence-electron chi connectivity index (χ3n) is 12.0. The van der Waals surface area contributed by atoms with E-state index in [4.69, 9.17) is 88.6 Å². The summed E-state index contributed by atoms with van der Waals surface area (Å²) in [4.78, 5) is 0. The first-order chi connectivity index (χ1) is 22.2. The quantitative estimate of drug-likeness (QED) is 0.0866. The summed E-state index contributed by atoms with van der Waals surface area (Å²) in [7, 11) is 0. The largest absolute Gasteiger partial charge is 0.363 e. The van der Waals surface area contributed by atoms with Gasteiger partial charge in [-0.25, -0.2) is 0 Å². The van der Waals surface area contributed by atoms with Gasteiger partial charge < -0.3 is 18.9 Å². The van der Waals surface area contributed by atoms with Gasteiger partial charge in [-0.1, -0.05) is 175 Å². The highest BCUT2D eigenvalue weighted by Gasteiger charge is 2.64. The fraction of sp³-hybridized carbons (Fsp3) is 0.842. The van der Waals surface area contributed by atoms with Gasteiger partial charge in [-0.15, -0.1) is 0 Å². The Balaban J connectivity index is 2.93. The van der Waals surface area contributed by atoms with Gasteiger partial charge in [0, 0.05) is 11.8 Å². The molecule has 1 aromatic carbocycles. The van der Waals surface area contributed by atoms with Crippen molar-refractivity contribution in [1.29, 1.82) is 0 Å². The van der Waals surface area contributed by atoms with Gasteiger partial charge in [-0.2, -0.15) is 0 Å². The van der Waals surface area contributed by atoms with Crippen molar-refractivity contribution in [2.24, 2.45) is 10.8 Å². The second-order valence-corrected chi connectivity index (χ2v) is 19.2. The number of hydrogen-bond donors (Lipinski definition) is 0. The molecule has 48 heavy (non-hydrogen) atoms. The third-order valence-corrected chi connectivity index (χ3v) is 14.1. The summed E-state index contributed by atoms with van der Waals surface area (Å²) in [5.74, 6) is 0. The molecule has 10 heteroatoms. The molecule has 1 aliphatic heterocycles. The predicted molar refractivity (Wildman–Crippen MR) is 207 cm³/mol. The molecule has 0 aliphatic carbocycles. The van der Waals surface area contributed by atoms with E-state index in [0.717, 1.165) is 31.2 Å². The minimum absolute atomic E-state index is 0.0400. The van der Waals surface area contributed by atoms with Crippen LogP contribution >= 0.6 is 69.6 Å². The van der Waals surface area contributed by atoms with Crippen molar-refractivity contribution in [2.75, 3.05) is 13.2 Å². The molecule has 0 saturated carbocycles. The number of epoxide rings is 1. The van der Waals surface area contributed by atoms with Gasteiger partial charge >= 0.3 is 0 Å². The minimum Gasteiger partial charge on any atom is -0.363 e. The fourth-order valence-corrected chi connectivity index (χ4v) is 8.57. The van der Waals surface area contributed by atoms with Crippen LogP contribution in [0.3, 0.4) is 0 Å². The molecule has 3 atom stereocenters. The lowest BCUT2D eigenvalue weighted by Crippen LogP contribution is -2.64. The summed E-state index contributed by atoms with van der Waals surface area (Å²) in [5, 5.41) is 0. The van der Waals surface area contributed by atoms with Crippen LogP contribution in [0.1, 0.15) is 139 Å².